The van der Waals surface area contributed by atoms with Crippen molar-refractivity contribution in [3.8, 4) is 0 Å². The fourth-order valence-corrected chi connectivity index (χ4v) is 3.40. The second-order valence-corrected chi connectivity index (χ2v) is 6.66. The van der Waals surface area contributed by atoms with Crippen molar-refractivity contribution in [2.45, 2.75) is 13.5 Å². The van der Waals surface area contributed by atoms with Gasteiger partial charge in [0.2, 0.25) is 11.6 Å². The highest BCUT2D eigenvalue weighted by molar-refractivity contribution is 6.36. The molecule has 0 aliphatic carbocycles. The third-order valence-corrected chi connectivity index (χ3v) is 4.91. The molecule has 0 unspecified atom stereocenters. The van der Waals surface area contributed by atoms with Gasteiger partial charge in [0.1, 0.15) is 6.33 Å². The Morgan fingerprint density at radius 1 is 1.19 bits per heavy atom. The van der Waals surface area contributed by atoms with E-state index in [1.165, 1.54) is 6.33 Å². The van der Waals surface area contributed by atoms with Gasteiger partial charge in [0.05, 0.1) is 17.8 Å². The maximum Gasteiger partial charge on any atom is 0.230 e. The van der Waals surface area contributed by atoms with Crippen LogP contribution in [-0.2, 0) is 6.54 Å². The van der Waals surface area contributed by atoms with Crippen LogP contribution in [0.3, 0.4) is 0 Å². The fraction of sp³-hybridized carbons (Fsp3) is 0.111. The van der Waals surface area contributed by atoms with E-state index in [1.54, 1.807) is 35.0 Å². The number of carbonyl (C=O) groups excluding carboxylic acids is 1. The molecule has 2 aromatic heterocycles. The van der Waals surface area contributed by atoms with E-state index in [0.29, 0.717) is 22.2 Å². The number of ketones is 1. The Morgan fingerprint density at radius 3 is 2.65 bits per heavy atom. The lowest BCUT2D eigenvalue weighted by Gasteiger charge is -2.08. The first-order chi connectivity index (χ1) is 12.5. The van der Waals surface area contributed by atoms with Crippen molar-refractivity contribution in [1.29, 1.82) is 0 Å². The van der Waals surface area contributed by atoms with Gasteiger partial charge >= 0.3 is 0 Å². The van der Waals surface area contributed by atoms with Crippen LogP contribution in [0, 0.1) is 6.92 Å². The Morgan fingerprint density at radius 2 is 1.96 bits per heavy atom. The zero-order valence-electron chi connectivity index (χ0n) is 13.7. The van der Waals surface area contributed by atoms with E-state index in [4.69, 9.17) is 23.2 Å². The first-order valence-corrected chi connectivity index (χ1v) is 8.61. The molecule has 0 fully saturated rings. The molecule has 1 N–H and O–H groups in total. The minimum atomic E-state index is -0.231. The number of rotatable bonds is 4. The van der Waals surface area contributed by atoms with Gasteiger partial charge < -0.3 is 4.98 Å². The quantitative estimate of drug-likeness (QED) is 0.537. The smallest absolute Gasteiger partial charge is 0.230 e. The number of benzene rings is 2. The topological polar surface area (TPSA) is 76.5 Å². The summed E-state index contributed by atoms with van der Waals surface area (Å²) in [6, 6.07) is 10.8. The van der Waals surface area contributed by atoms with Gasteiger partial charge in [0, 0.05) is 26.6 Å². The Hall–Kier alpha value is -2.70. The molecule has 4 aromatic rings. The first kappa shape index (κ1) is 16.8. The molecule has 0 atom stereocenters. The minimum Gasteiger partial charge on any atom is -0.325 e. The zero-order valence-corrected chi connectivity index (χ0v) is 15.2. The molecule has 130 valence electrons. The number of carbonyl (C=O) groups is 1. The Bertz CT molecular complexity index is 1100. The van der Waals surface area contributed by atoms with Gasteiger partial charge in [0.25, 0.3) is 0 Å². The average Bonchev–Trinajstić information content (AvgIpc) is 3.26. The average molecular weight is 386 g/mol. The summed E-state index contributed by atoms with van der Waals surface area (Å²) < 4.78 is 1.80. The lowest BCUT2D eigenvalue weighted by molar-refractivity contribution is 0.103. The highest BCUT2D eigenvalue weighted by atomic mass is 35.5. The van der Waals surface area contributed by atoms with Crippen molar-refractivity contribution < 1.29 is 4.79 Å². The molecule has 0 amide bonds. The van der Waals surface area contributed by atoms with Crippen LogP contribution in [0.25, 0.3) is 10.9 Å². The molecule has 0 spiro atoms. The number of nitrogens with one attached hydrogen (secondary N) is 1. The van der Waals surface area contributed by atoms with E-state index < -0.39 is 0 Å². The SMILES string of the molecule is Cc1nn(Cc2c(Cl)cccc2Cl)c2cc(C(=O)c3nnc[nH]3)ccc12. The van der Waals surface area contributed by atoms with Crippen molar-refractivity contribution in [1.82, 2.24) is 25.0 Å². The van der Waals surface area contributed by atoms with Gasteiger partial charge in [-0.15, -0.1) is 10.2 Å². The lowest BCUT2D eigenvalue weighted by atomic mass is 10.1. The van der Waals surface area contributed by atoms with Gasteiger partial charge in [-0.3, -0.25) is 9.48 Å². The maximum absolute atomic E-state index is 12.5. The molecule has 2 aromatic carbocycles. The van der Waals surface area contributed by atoms with Crippen molar-refractivity contribution in [2.75, 3.05) is 0 Å². The van der Waals surface area contributed by atoms with Crippen LogP contribution in [0.5, 0.6) is 0 Å². The molecule has 0 bridgehead atoms. The summed E-state index contributed by atoms with van der Waals surface area (Å²) >= 11 is 12.6. The van der Waals surface area contributed by atoms with Gasteiger partial charge in [0.15, 0.2) is 0 Å². The number of aromatic nitrogens is 5. The second-order valence-electron chi connectivity index (χ2n) is 5.84. The third kappa shape index (κ3) is 2.87. The van der Waals surface area contributed by atoms with E-state index in [0.717, 1.165) is 22.2 Å². The Kier molecular flexibility index (Phi) is 4.22. The van der Waals surface area contributed by atoms with E-state index in [1.807, 2.05) is 13.0 Å². The van der Waals surface area contributed by atoms with Crippen LogP contribution >= 0.6 is 23.2 Å². The molecule has 0 aliphatic rings. The van der Waals surface area contributed by atoms with Crippen LogP contribution in [0.1, 0.15) is 27.4 Å². The van der Waals surface area contributed by atoms with Gasteiger partial charge in [-0.05, 0) is 25.1 Å². The second kappa shape index (κ2) is 6.55. The van der Waals surface area contributed by atoms with Crippen molar-refractivity contribution >= 4 is 39.9 Å². The molecule has 4 rings (SSSR count). The summed E-state index contributed by atoms with van der Waals surface area (Å²) in [5.74, 6) is -0.0353. The number of nitrogens with zero attached hydrogens (tertiary/aromatic N) is 4. The Labute approximate surface area is 158 Å². The van der Waals surface area contributed by atoms with Crippen molar-refractivity contribution in [3.63, 3.8) is 0 Å². The fourth-order valence-electron chi connectivity index (χ4n) is 2.89. The summed E-state index contributed by atoms with van der Waals surface area (Å²) in [5.41, 5.74) is 2.97. The summed E-state index contributed by atoms with van der Waals surface area (Å²) in [6.07, 6.45) is 1.37. The predicted molar refractivity (Wildman–Crippen MR) is 99.8 cm³/mol. The molecular formula is C18H13Cl2N5O. The lowest BCUT2D eigenvalue weighted by Crippen LogP contribution is -2.06. The molecule has 2 heterocycles. The normalized spacial score (nSPS) is 11.2. The molecule has 0 saturated heterocycles. The largest absolute Gasteiger partial charge is 0.325 e. The molecule has 0 saturated carbocycles. The number of hydrogen-bond donors (Lipinski definition) is 1. The molecule has 0 aliphatic heterocycles. The van der Waals surface area contributed by atoms with Crippen molar-refractivity contribution in [2.24, 2.45) is 0 Å². The van der Waals surface area contributed by atoms with Crippen molar-refractivity contribution in [3.05, 3.63) is 75.4 Å². The number of fused-ring (bicyclic) bond motifs is 1. The zero-order chi connectivity index (χ0) is 18.3. The molecule has 6 nitrogen and oxygen atoms in total. The first-order valence-electron chi connectivity index (χ1n) is 7.85. The molecule has 0 radical (unpaired) electrons. The number of aryl methyl sites for hydroxylation is 1. The van der Waals surface area contributed by atoms with Gasteiger partial charge in [-0.1, -0.05) is 41.4 Å². The maximum atomic E-state index is 12.5. The summed E-state index contributed by atoms with van der Waals surface area (Å²) in [4.78, 5) is 15.3. The van der Waals surface area contributed by atoms with E-state index in [-0.39, 0.29) is 11.6 Å². The van der Waals surface area contributed by atoms with E-state index >= 15 is 0 Å². The number of H-pyrrole nitrogens is 1. The van der Waals surface area contributed by atoms with Crippen LogP contribution in [0.4, 0.5) is 0 Å². The minimum absolute atomic E-state index is 0.196. The van der Waals surface area contributed by atoms with E-state index in [2.05, 4.69) is 20.3 Å². The highest BCUT2D eigenvalue weighted by Gasteiger charge is 2.16. The predicted octanol–water partition coefficient (Wildman–Crippen LogP) is 4.05. The van der Waals surface area contributed by atoms with Crippen LogP contribution in [0.15, 0.2) is 42.7 Å². The van der Waals surface area contributed by atoms with Crippen LogP contribution in [0.2, 0.25) is 10.0 Å². The van der Waals surface area contributed by atoms with Gasteiger partial charge in [-0.2, -0.15) is 5.10 Å². The summed E-state index contributed by atoms with van der Waals surface area (Å²) in [5, 5.41) is 14.1. The Balaban J connectivity index is 1.80. The summed E-state index contributed by atoms with van der Waals surface area (Å²) in [7, 11) is 0. The standard InChI is InChI=1S/C18H13Cl2N5O/c1-10-12-6-5-11(17(26)18-21-9-22-23-18)7-16(12)25(24-10)8-13-14(19)3-2-4-15(13)20/h2-7,9H,8H2,1H3,(H,21,22,23). The molecule has 8 heteroatoms. The monoisotopic (exact) mass is 385 g/mol. The molecule has 26 heavy (non-hydrogen) atoms. The third-order valence-electron chi connectivity index (χ3n) is 4.20. The van der Waals surface area contributed by atoms with Crippen LogP contribution in [-0.4, -0.2) is 30.7 Å². The molecular weight excluding hydrogens is 373 g/mol. The van der Waals surface area contributed by atoms with Gasteiger partial charge in [-0.25, -0.2) is 0 Å². The number of aromatic amines is 1. The number of halogens is 2. The number of hydrogen-bond acceptors (Lipinski definition) is 4. The van der Waals surface area contributed by atoms with E-state index in [9.17, 15) is 4.79 Å². The highest BCUT2D eigenvalue weighted by Crippen LogP contribution is 2.27. The van der Waals surface area contributed by atoms with Crippen LogP contribution < -0.4 is 0 Å². The summed E-state index contributed by atoms with van der Waals surface area (Å²) in [6.45, 7) is 2.33.